The van der Waals surface area contributed by atoms with Crippen molar-refractivity contribution in [2.75, 3.05) is 20.3 Å². The lowest BCUT2D eigenvalue weighted by Crippen LogP contribution is -2.22. The van der Waals surface area contributed by atoms with E-state index in [2.05, 4.69) is 0 Å². The number of halogens is 1. The van der Waals surface area contributed by atoms with Crippen molar-refractivity contribution >= 4 is 17.6 Å². The summed E-state index contributed by atoms with van der Waals surface area (Å²) in [4.78, 5) is 11.4. The average Bonchev–Trinajstić information content (AvgIpc) is 2.45. The van der Waals surface area contributed by atoms with E-state index in [-0.39, 0.29) is 12.6 Å². The first-order valence-electron chi connectivity index (χ1n) is 6.92. The molecule has 0 amide bonds. The molecule has 1 atom stereocenters. The number of methoxy groups -OCH3 is 1. The zero-order valence-electron chi connectivity index (χ0n) is 12.6. The molecule has 0 fully saturated rings. The molecule has 0 aromatic heterocycles. The van der Waals surface area contributed by atoms with Gasteiger partial charge in [-0.15, -0.1) is 0 Å². The molecule has 0 aliphatic heterocycles. The summed E-state index contributed by atoms with van der Waals surface area (Å²) in [5, 5.41) is 0.536. The van der Waals surface area contributed by atoms with Crippen molar-refractivity contribution in [1.82, 2.24) is 0 Å². The molecule has 0 saturated heterocycles. The number of benzene rings is 1. The molecule has 1 aromatic rings. The molecule has 0 aliphatic carbocycles. The summed E-state index contributed by atoms with van der Waals surface area (Å²) >= 11 is 6.07. The fourth-order valence-electron chi connectivity index (χ4n) is 1.85. The van der Waals surface area contributed by atoms with Crippen LogP contribution in [0.25, 0.3) is 0 Å². The smallest absolute Gasteiger partial charge is 0.344 e. The molecule has 0 heterocycles. The van der Waals surface area contributed by atoms with Gasteiger partial charge in [0, 0.05) is 22.7 Å². The second kappa shape index (κ2) is 8.74. The zero-order chi connectivity index (χ0) is 15.8. The Hall–Kier alpha value is -1.46. The lowest BCUT2D eigenvalue weighted by molar-refractivity contribution is -0.145. The van der Waals surface area contributed by atoms with Gasteiger partial charge in [0.1, 0.15) is 0 Å². The predicted octanol–water partition coefficient (Wildman–Crippen LogP) is 2.57. The Morgan fingerprint density at radius 3 is 2.67 bits per heavy atom. The average molecular weight is 316 g/mol. The van der Waals surface area contributed by atoms with E-state index in [9.17, 15) is 4.79 Å². The van der Waals surface area contributed by atoms with Crippen molar-refractivity contribution in [3.05, 3.63) is 22.7 Å². The maximum absolute atomic E-state index is 11.4. The van der Waals surface area contributed by atoms with Gasteiger partial charge in [0.05, 0.1) is 13.7 Å². The first kappa shape index (κ1) is 17.6. The number of rotatable bonds is 8. The highest BCUT2D eigenvalue weighted by Crippen LogP contribution is 2.35. The SMILES string of the molecule is CCOC(=O)COc1c(CC(N)CC)cc(Cl)cc1OC. The van der Waals surface area contributed by atoms with E-state index < -0.39 is 5.97 Å². The van der Waals surface area contributed by atoms with Crippen LogP contribution in [0.2, 0.25) is 5.02 Å². The molecule has 0 saturated carbocycles. The number of ether oxygens (including phenoxy) is 3. The Morgan fingerprint density at radius 1 is 1.38 bits per heavy atom. The zero-order valence-corrected chi connectivity index (χ0v) is 13.4. The summed E-state index contributed by atoms with van der Waals surface area (Å²) in [6.07, 6.45) is 1.41. The Morgan fingerprint density at radius 2 is 2.10 bits per heavy atom. The van der Waals surface area contributed by atoms with Crippen molar-refractivity contribution in [3.63, 3.8) is 0 Å². The molecule has 118 valence electrons. The van der Waals surface area contributed by atoms with Crippen LogP contribution in [0.15, 0.2) is 12.1 Å². The minimum absolute atomic E-state index is 0.0156. The minimum atomic E-state index is -0.430. The van der Waals surface area contributed by atoms with Gasteiger partial charge < -0.3 is 19.9 Å². The highest BCUT2D eigenvalue weighted by atomic mass is 35.5. The molecular formula is C15H22ClNO4. The lowest BCUT2D eigenvalue weighted by Gasteiger charge is -2.17. The lowest BCUT2D eigenvalue weighted by atomic mass is 10.0. The van der Waals surface area contributed by atoms with Crippen LogP contribution in [-0.2, 0) is 16.0 Å². The number of nitrogens with two attached hydrogens (primary N) is 1. The molecule has 6 heteroatoms. The third-order valence-corrected chi connectivity index (χ3v) is 3.18. The van der Waals surface area contributed by atoms with Gasteiger partial charge in [0.2, 0.25) is 0 Å². The molecule has 0 spiro atoms. The second-order valence-corrected chi connectivity index (χ2v) is 5.00. The van der Waals surface area contributed by atoms with E-state index in [4.69, 9.17) is 31.5 Å². The molecule has 2 N–H and O–H groups in total. The van der Waals surface area contributed by atoms with E-state index in [1.807, 2.05) is 6.92 Å². The van der Waals surface area contributed by atoms with E-state index >= 15 is 0 Å². The maximum Gasteiger partial charge on any atom is 0.344 e. The van der Waals surface area contributed by atoms with E-state index in [1.54, 1.807) is 19.1 Å². The van der Waals surface area contributed by atoms with Gasteiger partial charge in [0.25, 0.3) is 0 Å². The summed E-state index contributed by atoms with van der Waals surface area (Å²) in [6, 6.07) is 3.40. The molecule has 5 nitrogen and oxygen atoms in total. The normalized spacial score (nSPS) is 11.9. The topological polar surface area (TPSA) is 70.8 Å². The van der Waals surface area contributed by atoms with Crippen LogP contribution in [0, 0.1) is 0 Å². The summed E-state index contributed by atoms with van der Waals surface area (Å²) in [5.41, 5.74) is 6.81. The van der Waals surface area contributed by atoms with Crippen LogP contribution < -0.4 is 15.2 Å². The van der Waals surface area contributed by atoms with E-state index in [1.165, 1.54) is 7.11 Å². The number of carbonyl (C=O) groups excluding carboxylic acids is 1. The quantitative estimate of drug-likeness (QED) is 0.747. The Bertz CT molecular complexity index is 479. The Labute approximate surface area is 130 Å². The summed E-state index contributed by atoms with van der Waals surface area (Å²) in [7, 11) is 1.52. The van der Waals surface area contributed by atoms with Crippen molar-refractivity contribution < 1.29 is 19.0 Å². The minimum Gasteiger partial charge on any atom is -0.493 e. The third kappa shape index (κ3) is 5.44. The molecular weight excluding hydrogens is 294 g/mol. The summed E-state index contributed by atoms with van der Waals surface area (Å²) in [6.45, 7) is 3.88. The summed E-state index contributed by atoms with van der Waals surface area (Å²) in [5.74, 6) is 0.532. The predicted molar refractivity (Wildman–Crippen MR) is 82.1 cm³/mol. The first-order chi connectivity index (χ1) is 10.0. The number of hydrogen-bond donors (Lipinski definition) is 1. The molecule has 1 aromatic carbocycles. The van der Waals surface area contributed by atoms with Gasteiger partial charge >= 0.3 is 5.97 Å². The van der Waals surface area contributed by atoms with Crippen molar-refractivity contribution in [2.45, 2.75) is 32.7 Å². The monoisotopic (exact) mass is 315 g/mol. The van der Waals surface area contributed by atoms with Crippen LogP contribution in [0.4, 0.5) is 0 Å². The number of esters is 1. The van der Waals surface area contributed by atoms with Gasteiger partial charge in [0.15, 0.2) is 18.1 Å². The standard InChI is InChI=1S/C15H22ClNO4/c1-4-12(17)7-10-6-11(16)8-13(19-3)15(10)21-9-14(18)20-5-2/h6,8,12H,4-5,7,9,17H2,1-3H3. The molecule has 1 rings (SSSR count). The summed E-state index contributed by atoms with van der Waals surface area (Å²) < 4.78 is 15.7. The fraction of sp³-hybridized carbons (Fsp3) is 0.533. The fourth-order valence-corrected chi connectivity index (χ4v) is 2.08. The molecule has 1 unspecified atom stereocenters. The van der Waals surface area contributed by atoms with E-state index in [0.29, 0.717) is 29.5 Å². The molecule has 21 heavy (non-hydrogen) atoms. The first-order valence-corrected chi connectivity index (χ1v) is 7.29. The van der Waals surface area contributed by atoms with Crippen molar-refractivity contribution in [3.8, 4) is 11.5 Å². The molecule has 0 radical (unpaired) electrons. The van der Waals surface area contributed by atoms with Gasteiger partial charge in [-0.25, -0.2) is 4.79 Å². The van der Waals surface area contributed by atoms with Crippen LogP contribution in [-0.4, -0.2) is 32.3 Å². The van der Waals surface area contributed by atoms with Crippen LogP contribution in [0.3, 0.4) is 0 Å². The van der Waals surface area contributed by atoms with Gasteiger partial charge in [-0.05, 0) is 25.8 Å². The van der Waals surface area contributed by atoms with Gasteiger partial charge in [-0.3, -0.25) is 0 Å². The highest BCUT2D eigenvalue weighted by Gasteiger charge is 2.16. The Balaban J connectivity index is 2.98. The van der Waals surface area contributed by atoms with Crippen molar-refractivity contribution in [1.29, 1.82) is 0 Å². The van der Waals surface area contributed by atoms with E-state index in [0.717, 1.165) is 12.0 Å². The van der Waals surface area contributed by atoms with Gasteiger partial charge in [-0.2, -0.15) is 0 Å². The second-order valence-electron chi connectivity index (χ2n) is 4.56. The number of hydrogen-bond acceptors (Lipinski definition) is 5. The van der Waals surface area contributed by atoms with Crippen molar-refractivity contribution in [2.24, 2.45) is 5.73 Å². The highest BCUT2D eigenvalue weighted by molar-refractivity contribution is 6.30. The Kier molecular flexibility index (Phi) is 7.32. The number of carbonyl (C=O) groups is 1. The van der Waals surface area contributed by atoms with Crippen LogP contribution in [0.5, 0.6) is 11.5 Å². The van der Waals surface area contributed by atoms with Crippen LogP contribution >= 0.6 is 11.6 Å². The largest absolute Gasteiger partial charge is 0.493 e. The van der Waals surface area contributed by atoms with Crippen LogP contribution in [0.1, 0.15) is 25.8 Å². The van der Waals surface area contributed by atoms with Gasteiger partial charge in [-0.1, -0.05) is 18.5 Å². The maximum atomic E-state index is 11.4. The molecule has 0 aliphatic rings. The molecule has 0 bridgehead atoms. The third-order valence-electron chi connectivity index (χ3n) is 2.96.